The fourth-order valence-electron chi connectivity index (χ4n) is 4.14. The summed E-state index contributed by atoms with van der Waals surface area (Å²) in [5.74, 6) is 0. The van der Waals surface area contributed by atoms with E-state index >= 15 is 0 Å². The predicted octanol–water partition coefficient (Wildman–Crippen LogP) is 5.54. The molecule has 0 aliphatic carbocycles. The van der Waals surface area contributed by atoms with Crippen LogP contribution in [0.25, 0.3) is 10.9 Å². The molecule has 2 heterocycles. The summed E-state index contributed by atoms with van der Waals surface area (Å²) in [6, 6.07) is 11.3. The summed E-state index contributed by atoms with van der Waals surface area (Å²) in [4.78, 5) is 2.35. The van der Waals surface area contributed by atoms with Crippen molar-refractivity contribution in [3.63, 3.8) is 0 Å². The normalized spacial score (nSPS) is 17.4. The van der Waals surface area contributed by atoms with Crippen LogP contribution in [0.3, 0.4) is 0 Å². The Balaban J connectivity index is 1.82. The van der Waals surface area contributed by atoms with Crippen LogP contribution in [-0.2, 0) is 25.0 Å². The minimum atomic E-state index is -1.09. The van der Waals surface area contributed by atoms with Gasteiger partial charge in [-0.1, -0.05) is 40.9 Å². The molecule has 3 nitrogen and oxygen atoms in total. The minimum absolute atomic E-state index is 0.433. The van der Waals surface area contributed by atoms with Crippen LogP contribution in [0, 0.1) is 0 Å². The molecule has 0 fully saturated rings. The van der Waals surface area contributed by atoms with Gasteiger partial charge in [0, 0.05) is 41.1 Å². The van der Waals surface area contributed by atoms with Gasteiger partial charge in [0.2, 0.25) is 0 Å². The fraction of sp³-hybridized carbons (Fsp3) is 0.364. The third-order valence-electron chi connectivity index (χ3n) is 5.73. The molecule has 1 aliphatic rings. The zero-order chi connectivity index (χ0) is 20.1. The molecule has 0 spiro atoms. The standard InChI is InChI=1S/C22H23Cl3N2O/c1-22(28,14-3-5-18(24)19(25)11-14)13-27-20-6-4-15(23)12-17(20)16-7-9-26(2)10-8-21(16)27/h3-6,11-12,28H,7-10,13H2,1-2H3. The van der Waals surface area contributed by atoms with E-state index < -0.39 is 5.60 Å². The minimum Gasteiger partial charge on any atom is -0.384 e. The Kier molecular flexibility index (Phi) is 5.41. The Bertz CT molecular complexity index is 1040. The molecule has 0 amide bonds. The molecule has 6 heteroatoms. The molecule has 0 bridgehead atoms. The summed E-state index contributed by atoms with van der Waals surface area (Å²) in [5.41, 5.74) is 3.39. The number of rotatable bonds is 3. The van der Waals surface area contributed by atoms with Crippen molar-refractivity contribution in [1.82, 2.24) is 9.47 Å². The maximum Gasteiger partial charge on any atom is 0.105 e. The Labute approximate surface area is 180 Å². The highest BCUT2D eigenvalue weighted by Crippen LogP contribution is 2.35. The molecule has 0 saturated carbocycles. The summed E-state index contributed by atoms with van der Waals surface area (Å²) in [7, 11) is 2.15. The zero-order valence-electron chi connectivity index (χ0n) is 16.0. The Morgan fingerprint density at radius 3 is 2.50 bits per heavy atom. The van der Waals surface area contributed by atoms with E-state index in [9.17, 15) is 5.11 Å². The molecule has 0 radical (unpaired) electrons. The lowest BCUT2D eigenvalue weighted by Crippen LogP contribution is -2.29. The van der Waals surface area contributed by atoms with Gasteiger partial charge in [-0.05, 0) is 61.9 Å². The molecular formula is C22H23Cl3N2O. The molecule has 0 saturated heterocycles. The van der Waals surface area contributed by atoms with Crippen LogP contribution < -0.4 is 0 Å². The molecule has 1 aliphatic heterocycles. The zero-order valence-corrected chi connectivity index (χ0v) is 18.2. The van der Waals surface area contributed by atoms with Crippen LogP contribution in [0.5, 0.6) is 0 Å². The molecular weight excluding hydrogens is 415 g/mol. The Morgan fingerprint density at radius 2 is 1.75 bits per heavy atom. The maximum absolute atomic E-state index is 11.4. The van der Waals surface area contributed by atoms with Gasteiger partial charge in [-0.25, -0.2) is 0 Å². The third-order valence-corrected chi connectivity index (χ3v) is 6.70. The molecule has 2 aromatic carbocycles. The molecule has 4 rings (SSSR count). The van der Waals surface area contributed by atoms with Crippen molar-refractivity contribution in [3.05, 3.63) is 68.3 Å². The fourth-order valence-corrected chi connectivity index (χ4v) is 4.61. The van der Waals surface area contributed by atoms with Crippen molar-refractivity contribution in [3.8, 4) is 0 Å². The van der Waals surface area contributed by atoms with Crippen molar-refractivity contribution in [2.45, 2.75) is 31.9 Å². The largest absolute Gasteiger partial charge is 0.384 e. The van der Waals surface area contributed by atoms with E-state index in [1.54, 1.807) is 12.1 Å². The van der Waals surface area contributed by atoms with Gasteiger partial charge < -0.3 is 14.6 Å². The second-order valence-corrected chi connectivity index (χ2v) is 9.13. The van der Waals surface area contributed by atoms with E-state index in [2.05, 4.69) is 22.6 Å². The number of nitrogens with zero attached hydrogens (tertiary/aromatic N) is 2. The number of likely N-dealkylation sites (N-methyl/N-ethyl adjacent to an activating group) is 1. The van der Waals surface area contributed by atoms with Crippen molar-refractivity contribution >= 4 is 45.7 Å². The van der Waals surface area contributed by atoms with Gasteiger partial charge >= 0.3 is 0 Å². The first-order valence-corrected chi connectivity index (χ1v) is 10.6. The molecule has 148 valence electrons. The lowest BCUT2D eigenvalue weighted by Gasteiger charge is -2.27. The van der Waals surface area contributed by atoms with Gasteiger partial charge in [0.15, 0.2) is 0 Å². The lowest BCUT2D eigenvalue weighted by molar-refractivity contribution is 0.0388. The van der Waals surface area contributed by atoms with Crippen LogP contribution in [-0.4, -0.2) is 34.7 Å². The number of hydrogen-bond acceptors (Lipinski definition) is 2. The van der Waals surface area contributed by atoms with E-state index in [0.717, 1.165) is 42.0 Å². The number of fused-ring (bicyclic) bond motifs is 3. The second-order valence-electron chi connectivity index (χ2n) is 7.88. The monoisotopic (exact) mass is 436 g/mol. The van der Waals surface area contributed by atoms with Gasteiger partial charge in [0.1, 0.15) is 5.60 Å². The summed E-state index contributed by atoms with van der Waals surface area (Å²) < 4.78 is 2.25. The number of aromatic nitrogens is 1. The van der Waals surface area contributed by atoms with Crippen LogP contribution >= 0.6 is 34.8 Å². The van der Waals surface area contributed by atoms with Gasteiger partial charge in [-0.15, -0.1) is 0 Å². The van der Waals surface area contributed by atoms with Crippen molar-refractivity contribution < 1.29 is 5.11 Å². The van der Waals surface area contributed by atoms with E-state index in [1.807, 2.05) is 25.1 Å². The van der Waals surface area contributed by atoms with E-state index in [-0.39, 0.29) is 0 Å². The first kappa shape index (κ1) is 20.1. The van der Waals surface area contributed by atoms with E-state index in [4.69, 9.17) is 34.8 Å². The van der Waals surface area contributed by atoms with Crippen molar-refractivity contribution in [1.29, 1.82) is 0 Å². The highest BCUT2D eigenvalue weighted by molar-refractivity contribution is 6.42. The summed E-state index contributed by atoms with van der Waals surface area (Å²) in [6.07, 6.45) is 1.92. The Hall–Kier alpha value is -1.23. The quantitative estimate of drug-likeness (QED) is 0.583. The molecule has 1 unspecified atom stereocenters. The first-order valence-electron chi connectivity index (χ1n) is 9.42. The highest BCUT2D eigenvalue weighted by atomic mass is 35.5. The number of benzene rings is 2. The van der Waals surface area contributed by atoms with Gasteiger partial charge in [-0.2, -0.15) is 0 Å². The molecule has 3 aromatic rings. The van der Waals surface area contributed by atoms with Crippen LogP contribution in [0.1, 0.15) is 23.7 Å². The first-order chi connectivity index (χ1) is 13.3. The summed E-state index contributed by atoms with van der Waals surface area (Å²) in [6.45, 7) is 4.26. The Morgan fingerprint density at radius 1 is 1.00 bits per heavy atom. The number of aliphatic hydroxyl groups is 1. The highest BCUT2D eigenvalue weighted by Gasteiger charge is 2.29. The topological polar surface area (TPSA) is 28.4 Å². The SMILES string of the molecule is CN1CCc2c(n(CC(C)(O)c3ccc(Cl)c(Cl)c3)c3ccc(Cl)cc23)CC1. The van der Waals surface area contributed by atoms with Crippen molar-refractivity contribution in [2.24, 2.45) is 0 Å². The van der Waals surface area contributed by atoms with Gasteiger partial charge in [-0.3, -0.25) is 0 Å². The van der Waals surface area contributed by atoms with E-state index in [0.29, 0.717) is 16.6 Å². The lowest BCUT2D eigenvalue weighted by atomic mass is 9.95. The van der Waals surface area contributed by atoms with Gasteiger partial charge in [0.05, 0.1) is 16.6 Å². The smallest absolute Gasteiger partial charge is 0.105 e. The summed E-state index contributed by atoms with van der Waals surface area (Å²) in [5, 5.41) is 14.2. The summed E-state index contributed by atoms with van der Waals surface area (Å²) >= 11 is 18.6. The number of hydrogen-bond donors (Lipinski definition) is 1. The van der Waals surface area contributed by atoms with Crippen LogP contribution in [0.15, 0.2) is 36.4 Å². The average molecular weight is 438 g/mol. The van der Waals surface area contributed by atoms with Crippen LogP contribution in [0.4, 0.5) is 0 Å². The molecule has 28 heavy (non-hydrogen) atoms. The predicted molar refractivity (Wildman–Crippen MR) is 118 cm³/mol. The maximum atomic E-state index is 11.4. The average Bonchev–Trinajstić information content (AvgIpc) is 2.77. The van der Waals surface area contributed by atoms with Gasteiger partial charge in [0.25, 0.3) is 0 Å². The third kappa shape index (κ3) is 3.67. The molecule has 1 aromatic heterocycles. The molecule has 1 atom stereocenters. The van der Waals surface area contributed by atoms with E-state index in [1.165, 1.54) is 16.6 Å². The second kappa shape index (κ2) is 7.55. The van der Waals surface area contributed by atoms with Crippen molar-refractivity contribution in [2.75, 3.05) is 20.1 Å². The molecule has 1 N–H and O–H groups in total. The van der Waals surface area contributed by atoms with Crippen LogP contribution in [0.2, 0.25) is 15.1 Å². The number of halogens is 3.